The average Bonchev–Trinajstić information content (AvgIpc) is 2.89. The van der Waals surface area contributed by atoms with Crippen molar-refractivity contribution in [2.24, 2.45) is 0 Å². The van der Waals surface area contributed by atoms with Crippen LogP contribution < -0.4 is 10.6 Å². The number of nitrogens with zero attached hydrogens (tertiary/aromatic N) is 2. The number of anilines is 2. The topological polar surface area (TPSA) is 92.6 Å². The minimum atomic E-state index is -1.05. The van der Waals surface area contributed by atoms with E-state index in [9.17, 15) is 9.90 Å². The molecule has 6 nitrogen and oxygen atoms in total. The van der Waals surface area contributed by atoms with E-state index >= 15 is 0 Å². The fourth-order valence-corrected chi connectivity index (χ4v) is 1.81. The molecule has 0 saturated heterocycles. The van der Waals surface area contributed by atoms with Gasteiger partial charge in [-0.25, -0.2) is 9.78 Å². The number of rotatable bonds is 5. The molecule has 2 aromatic heterocycles. The van der Waals surface area contributed by atoms with Gasteiger partial charge >= 0.3 is 5.97 Å². The number of nitrogens with two attached hydrogens (primary N) is 1. The first-order valence-electron chi connectivity index (χ1n) is 5.88. The Morgan fingerprint density at radius 3 is 2.95 bits per heavy atom. The summed E-state index contributed by atoms with van der Waals surface area (Å²) >= 11 is 0. The molecule has 100 valence electrons. The molecule has 0 aliphatic carbocycles. The normalized spacial score (nSPS) is 10.4. The van der Waals surface area contributed by atoms with Crippen LogP contribution in [0.5, 0.6) is 0 Å². The van der Waals surface area contributed by atoms with Gasteiger partial charge in [0.15, 0.2) is 0 Å². The summed E-state index contributed by atoms with van der Waals surface area (Å²) in [6.45, 7) is 2.99. The molecular weight excluding hydrogens is 246 g/mol. The van der Waals surface area contributed by atoms with Crippen molar-refractivity contribution in [2.75, 3.05) is 17.2 Å². The van der Waals surface area contributed by atoms with E-state index in [0.29, 0.717) is 24.6 Å². The zero-order valence-electron chi connectivity index (χ0n) is 10.5. The lowest BCUT2D eigenvalue weighted by molar-refractivity contribution is 0.0697. The number of pyridine rings is 1. The summed E-state index contributed by atoms with van der Waals surface area (Å²) in [6, 6.07) is 5.04. The highest BCUT2D eigenvalue weighted by molar-refractivity contribution is 5.94. The lowest BCUT2D eigenvalue weighted by atomic mass is 10.2. The summed E-state index contributed by atoms with van der Waals surface area (Å²) < 4.78 is 5.27. The molecule has 0 aliphatic rings. The molecule has 6 heteroatoms. The van der Waals surface area contributed by atoms with Crippen LogP contribution in [-0.4, -0.2) is 22.6 Å². The second-order valence-corrected chi connectivity index (χ2v) is 4.04. The summed E-state index contributed by atoms with van der Waals surface area (Å²) in [5.74, 6) is 0.0881. The number of aromatic carboxylic acids is 1. The highest BCUT2D eigenvalue weighted by atomic mass is 16.4. The Bertz CT molecular complexity index is 567. The predicted molar refractivity (Wildman–Crippen MR) is 71.0 cm³/mol. The number of nitrogen functional groups attached to an aromatic ring is 1. The monoisotopic (exact) mass is 261 g/mol. The van der Waals surface area contributed by atoms with Gasteiger partial charge in [0.25, 0.3) is 0 Å². The zero-order valence-corrected chi connectivity index (χ0v) is 10.5. The van der Waals surface area contributed by atoms with Crippen molar-refractivity contribution >= 4 is 17.5 Å². The lowest BCUT2D eigenvalue weighted by Gasteiger charge is -2.22. The molecule has 0 amide bonds. The van der Waals surface area contributed by atoms with Crippen LogP contribution in [0.1, 0.15) is 23.0 Å². The Labute approximate surface area is 110 Å². The molecule has 0 unspecified atom stereocenters. The van der Waals surface area contributed by atoms with Crippen LogP contribution in [0.15, 0.2) is 35.1 Å². The number of hydrogen-bond acceptors (Lipinski definition) is 5. The van der Waals surface area contributed by atoms with Crippen LogP contribution in [0.3, 0.4) is 0 Å². The summed E-state index contributed by atoms with van der Waals surface area (Å²) in [5.41, 5.74) is 6.00. The zero-order chi connectivity index (χ0) is 13.8. The molecule has 2 aromatic rings. The number of hydrogen-bond donors (Lipinski definition) is 2. The van der Waals surface area contributed by atoms with Crippen molar-refractivity contribution in [3.05, 3.63) is 42.0 Å². The first-order chi connectivity index (χ1) is 9.11. The Morgan fingerprint density at radius 2 is 2.37 bits per heavy atom. The van der Waals surface area contributed by atoms with Crippen LogP contribution in [0.2, 0.25) is 0 Å². The van der Waals surface area contributed by atoms with Crippen molar-refractivity contribution in [1.29, 1.82) is 0 Å². The first-order valence-corrected chi connectivity index (χ1v) is 5.88. The van der Waals surface area contributed by atoms with Gasteiger partial charge in [0.1, 0.15) is 17.1 Å². The first kappa shape index (κ1) is 12.9. The fourth-order valence-electron chi connectivity index (χ4n) is 1.81. The average molecular weight is 261 g/mol. The van der Waals surface area contributed by atoms with Crippen LogP contribution in [0, 0.1) is 0 Å². The lowest BCUT2D eigenvalue weighted by Crippen LogP contribution is -2.25. The summed E-state index contributed by atoms with van der Waals surface area (Å²) in [7, 11) is 0. The van der Waals surface area contributed by atoms with Crippen LogP contribution in [-0.2, 0) is 6.54 Å². The standard InChI is InChI=1S/C13H15N3O3/c1-2-16(8-10-4-3-5-19-10)12-11(13(17)18)6-9(14)7-15-12/h3-7H,2,8,14H2,1H3,(H,17,18). The van der Waals surface area contributed by atoms with Gasteiger partial charge in [-0.3, -0.25) is 0 Å². The van der Waals surface area contributed by atoms with E-state index in [1.165, 1.54) is 12.3 Å². The molecule has 19 heavy (non-hydrogen) atoms. The highest BCUT2D eigenvalue weighted by Crippen LogP contribution is 2.22. The summed E-state index contributed by atoms with van der Waals surface area (Å²) in [6.07, 6.45) is 3.03. The Kier molecular flexibility index (Phi) is 3.70. The van der Waals surface area contributed by atoms with Crippen LogP contribution in [0.25, 0.3) is 0 Å². The number of carboxylic acids is 1. The molecule has 3 N–H and O–H groups in total. The number of furan rings is 1. The van der Waals surface area contributed by atoms with Gasteiger partial charge in [-0.1, -0.05) is 0 Å². The minimum absolute atomic E-state index is 0.0911. The van der Waals surface area contributed by atoms with Crippen molar-refractivity contribution < 1.29 is 14.3 Å². The van der Waals surface area contributed by atoms with Crippen molar-refractivity contribution in [3.8, 4) is 0 Å². The molecule has 0 saturated carbocycles. The van der Waals surface area contributed by atoms with Gasteiger partial charge in [0.05, 0.1) is 24.7 Å². The van der Waals surface area contributed by atoms with Crippen LogP contribution in [0.4, 0.5) is 11.5 Å². The predicted octanol–water partition coefficient (Wildman–Crippen LogP) is 1.98. The SMILES string of the molecule is CCN(Cc1ccco1)c1ncc(N)cc1C(=O)O. The van der Waals surface area contributed by atoms with E-state index in [-0.39, 0.29) is 5.56 Å². The molecule has 0 aromatic carbocycles. The number of carboxylic acid groups (broad SMARTS) is 1. The smallest absolute Gasteiger partial charge is 0.339 e. The van der Waals surface area contributed by atoms with Gasteiger partial charge in [-0.15, -0.1) is 0 Å². The van der Waals surface area contributed by atoms with E-state index in [0.717, 1.165) is 5.76 Å². The van der Waals surface area contributed by atoms with Crippen molar-refractivity contribution in [2.45, 2.75) is 13.5 Å². The van der Waals surface area contributed by atoms with Crippen LogP contribution >= 0.6 is 0 Å². The largest absolute Gasteiger partial charge is 0.478 e. The molecule has 0 fully saturated rings. The van der Waals surface area contributed by atoms with Crippen molar-refractivity contribution in [1.82, 2.24) is 4.98 Å². The molecular formula is C13H15N3O3. The third kappa shape index (κ3) is 2.85. The molecule has 0 radical (unpaired) electrons. The fraction of sp³-hybridized carbons (Fsp3) is 0.231. The van der Waals surface area contributed by atoms with Gasteiger partial charge in [0, 0.05) is 6.54 Å². The number of aromatic nitrogens is 1. The van der Waals surface area contributed by atoms with E-state index in [4.69, 9.17) is 10.2 Å². The highest BCUT2D eigenvalue weighted by Gasteiger charge is 2.18. The Morgan fingerprint density at radius 1 is 1.58 bits per heavy atom. The summed E-state index contributed by atoms with van der Waals surface area (Å²) in [5, 5.41) is 9.21. The third-order valence-corrected chi connectivity index (χ3v) is 2.73. The van der Waals surface area contributed by atoms with Gasteiger partial charge in [-0.05, 0) is 25.1 Å². The second-order valence-electron chi connectivity index (χ2n) is 4.04. The Hall–Kier alpha value is -2.50. The van der Waals surface area contributed by atoms with E-state index < -0.39 is 5.97 Å². The molecule has 0 aliphatic heterocycles. The third-order valence-electron chi connectivity index (χ3n) is 2.73. The van der Waals surface area contributed by atoms with Gasteiger partial charge in [-0.2, -0.15) is 0 Å². The quantitative estimate of drug-likeness (QED) is 0.854. The Balaban J connectivity index is 2.35. The molecule has 2 rings (SSSR count). The van der Waals surface area contributed by atoms with E-state index in [2.05, 4.69) is 4.98 Å². The maximum atomic E-state index is 11.3. The van der Waals surface area contributed by atoms with Gasteiger partial charge in [0.2, 0.25) is 0 Å². The minimum Gasteiger partial charge on any atom is -0.478 e. The molecule has 2 heterocycles. The molecule has 0 spiro atoms. The van der Waals surface area contributed by atoms with E-state index in [1.54, 1.807) is 12.3 Å². The van der Waals surface area contributed by atoms with Gasteiger partial charge < -0.3 is 20.2 Å². The second kappa shape index (κ2) is 5.43. The molecule has 0 bridgehead atoms. The van der Waals surface area contributed by atoms with Crippen molar-refractivity contribution in [3.63, 3.8) is 0 Å². The molecule has 0 atom stereocenters. The maximum Gasteiger partial charge on any atom is 0.339 e. The van der Waals surface area contributed by atoms with E-state index in [1.807, 2.05) is 17.9 Å². The summed E-state index contributed by atoms with van der Waals surface area (Å²) in [4.78, 5) is 17.2. The number of carbonyl (C=O) groups is 1. The maximum absolute atomic E-state index is 11.3.